The van der Waals surface area contributed by atoms with E-state index in [0.29, 0.717) is 12.1 Å². The van der Waals surface area contributed by atoms with Gasteiger partial charge in [0.1, 0.15) is 5.82 Å². The molecule has 2 unspecified atom stereocenters. The number of nitrogens with one attached hydrogen (secondary N) is 1. The summed E-state index contributed by atoms with van der Waals surface area (Å²) in [6.07, 6.45) is 0. The maximum absolute atomic E-state index is 7.29. The summed E-state index contributed by atoms with van der Waals surface area (Å²) in [5.41, 5.74) is 7.11. The number of anilines is 1. The van der Waals surface area contributed by atoms with Crippen molar-refractivity contribution in [3.63, 3.8) is 0 Å². The number of rotatable bonds is 1. The number of nitrogens with zero attached hydrogens (tertiary/aromatic N) is 2. The normalized spacial score (nSPS) is 10.0. The number of aromatic nitrogens is 2. The third-order valence-corrected chi connectivity index (χ3v) is 2.19. The van der Waals surface area contributed by atoms with Crippen LogP contribution in [0.2, 0.25) is 0 Å². The van der Waals surface area contributed by atoms with Gasteiger partial charge in [-0.15, -0.1) is 0 Å². The van der Waals surface area contributed by atoms with Crippen LogP contribution in [0.4, 0.5) is 5.82 Å². The van der Waals surface area contributed by atoms with Gasteiger partial charge in [0.15, 0.2) is 0 Å². The molecule has 0 saturated heterocycles. The van der Waals surface area contributed by atoms with Crippen molar-refractivity contribution >= 4 is 24.6 Å². The van der Waals surface area contributed by atoms with Gasteiger partial charge in [-0.1, -0.05) is 21.5 Å². The number of hydrogen-bond donors (Lipinski definition) is 2. The van der Waals surface area contributed by atoms with Crippen molar-refractivity contribution in [3.8, 4) is 0 Å². The predicted octanol–water partition coefficient (Wildman–Crippen LogP) is 3.03. The van der Waals surface area contributed by atoms with Gasteiger partial charge in [-0.2, -0.15) is 0 Å². The smallest absolute Gasteiger partial charge is 0.129 e. The molecule has 2 heterocycles. The Morgan fingerprint density at radius 1 is 0.947 bits per heavy atom. The number of aryl methyl sites for hydroxylation is 3. The fourth-order valence-corrected chi connectivity index (χ4v) is 1.34. The molecule has 0 radical (unpaired) electrons. The molecule has 0 aliphatic heterocycles. The molecule has 0 spiro atoms. The van der Waals surface area contributed by atoms with E-state index in [4.69, 9.17) is 2.74 Å². The summed E-state index contributed by atoms with van der Waals surface area (Å²) < 4.78 is 14.5. The monoisotopic (exact) mass is 298 g/mol. The first-order valence-electron chi connectivity index (χ1n) is 6.58. The van der Waals surface area contributed by atoms with Crippen LogP contribution in [0.15, 0.2) is 36.4 Å². The Hall–Kier alpha value is -1.08. The molecular formula is C13H22N4P2. The molecule has 2 rings (SSSR count). The van der Waals surface area contributed by atoms with Crippen LogP contribution in [-0.4, -0.2) is 9.97 Å². The van der Waals surface area contributed by atoms with E-state index in [1.807, 2.05) is 30.2 Å². The van der Waals surface area contributed by atoms with Crippen molar-refractivity contribution in [1.82, 2.24) is 9.97 Å². The predicted molar refractivity (Wildman–Crippen MR) is 89.9 cm³/mol. The fraction of sp³-hybridized carbons (Fsp3) is 0.231. The molecule has 0 aromatic carbocycles. The lowest BCUT2D eigenvalue weighted by Crippen LogP contribution is -1.85. The van der Waals surface area contributed by atoms with Crippen molar-refractivity contribution in [3.05, 3.63) is 53.4 Å². The zero-order valence-corrected chi connectivity index (χ0v) is 13.7. The summed E-state index contributed by atoms with van der Waals surface area (Å²) in [6.45, 7) is 5.65. The van der Waals surface area contributed by atoms with E-state index in [-0.39, 0.29) is 0 Å². The Kier molecular flexibility index (Phi) is 8.15. The lowest BCUT2D eigenvalue weighted by molar-refractivity contribution is 1.12. The van der Waals surface area contributed by atoms with Crippen LogP contribution >= 0.6 is 18.8 Å². The Morgan fingerprint density at radius 3 is 1.74 bits per heavy atom. The Bertz CT molecular complexity index is 497. The van der Waals surface area contributed by atoms with Gasteiger partial charge in [0.25, 0.3) is 0 Å². The highest BCUT2D eigenvalue weighted by Gasteiger charge is 1.86. The molecule has 2 atom stereocenters. The van der Waals surface area contributed by atoms with E-state index >= 15 is 0 Å². The first kappa shape index (κ1) is 14.3. The van der Waals surface area contributed by atoms with E-state index < -0.39 is 0 Å². The van der Waals surface area contributed by atoms with Crippen molar-refractivity contribution in [2.24, 2.45) is 5.50 Å². The molecule has 0 saturated carbocycles. The molecule has 0 fully saturated rings. The van der Waals surface area contributed by atoms with E-state index in [2.05, 4.69) is 29.9 Å². The Labute approximate surface area is 123 Å². The standard InChI is InChI=1S/C7H9N.C6H9N2P.H4NP/c1-6-4-3-5-7(2)8-6;1-5-3-2-4-6(7-5)8-9;1-2/h3-5H,1-2H3;2-4H,9H2,1H3,(H,7,8);1-2H2/i3D;2D;. The summed E-state index contributed by atoms with van der Waals surface area (Å²) in [7, 11) is 4.26. The average Bonchev–Trinajstić information content (AvgIpc) is 2.39. The van der Waals surface area contributed by atoms with Crippen molar-refractivity contribution < 1.29 is 2.74 Å². The second-order valence-corrected chi connectivity index (χ2v) is 3.88. The minimum absolute atomic E-state index is 0.484. The molecule has 0 aliphatic carbocycles. The third kappa shape index (κ3) is 8.61. The van der Waals surface area contributed by atoms with Gasteiger partial charge >= 0.3 is 0 Å². The zero-order valence-electron chi connectivity index (χ0n) is 13.4. The number of nitrogens with two attached hydrogens (primary N) is 1. The molecule has 0 amide bonds. The van der Waals surface area contributed by atoms with Gasteiger partial charge in [-0.05, 0) is 54.4 Å². The van der Waals surface area contributed by atoms with Crippen LogP contribution in [0.25, 0.3) is 0 Å². The van der Waals surface area contributed by atoms with Crippen LogP contribution < -0.4 is 10.6 Å². The van der Waals surface area contributed by atoms with Crippen molar-refractivity contribution in [1.29, 1.82) is 0 Å². The van der Waals surface area contributed by atoms with Crippen LogP contribution in [0.5, 0.6) is 0 Å². The maximum Gasteiger partial charge on any atom is 0.129 e. The maximum atomic E-state index is 7.29. The third-order valence-electron chi connectivity index (χ3n) is 1.89. The number of hydrogen-bond acceptors (Lipinski definition) is 4. The second kappa shape index (κ2) is 10.8. The molecule has 104 valence electrons. The van der Waals surface area contributed by atoms with Gasteiger partial charge in [-0.3, -0.25) is 4.98 Å². The van der Waals surface area contributed by atoms with Crippen LogP contribution in [0.1, 0.15) is 19.8 Å². The first-order valence-corrected chi connectivity index (χ1v) is 6.82. The molecule has 4 nitrogen and oxygen atoms in total. The Morgan fingerprint density at radius 2 is 1.37 bits per heavy atom. The molecule has 2 aromatic heterocycles. The molecule has 6 heteroatoms. The van der Waals surface area contributed by atoms with Gasteiger partial charge in [0.05, 0.1) is 2.74 Å². The second-order valence-electron chi connectivity index (χ2n) is 3.59. The quantitative estimate of drug-likeness (QED) is 0.794. The summed E-state index contributed by atoms with van der Waals surface area (Å²) in [5, 5.41) is 2.79. The summed E-state index contributed by atoms with van der Waals surface area (Å²) in [5.74, 6) is 0.718. The minimum atomic E-state index is 0.484. The lowest BCUT2D eigenvalue weighted by atomic mass is 10.3. The van der Waals surface area contributed by atoms with Crippen molar-refractivity contribution in [2.75, 3.05) is 5.09 Å². The minimum Gasteiger partial charge on any atom is -0.355 e. The van der Waals surface area contributed by atoms with Gasteiger partial charge in [-0.25, -0.2) is 4.98 Å². The number of pyridine rings is 2. The van der Waals surface area contributed by atoms with Crippen molar-refractivity contribution in [2.45, 2.75) is 20.8 Å². The van der Waals surface area contributed by atoms with E-state index in [1.54, 1.807) is 24.3 Å². The lowest BCUT2D eigenvalue weighted by Gasteiger charge is -1.96. The van der Waals surface area contributed by atoms with E-state index in [9.17, 15) is 0 Å². The summed E-state index contributed by atoms with van der Waals surface area (Å²) in [4.78, 5) is 8.22. The molecule has 3 N–H and O–H groups in total. The first-order chi connectivity index (χ1) is 9.90. The molecule has 0 bridgehead atoms. The highest BCUT2D eigenvalue weighted by atomic mass is 31.0. The highest BCUT2D eigenvalue weighted by molar-refractivity contribution is 7.18. The van der Waals surface area contributed by atoms with Gasteiger partial charge < -0.3 is 10.6 Å². The summed E-state index contributed by atoms with van der Waals surface area (Å²) >= 11 is 0. The van der Waals surface area contributed by atoms with Gasteiger partial charge in [0, 0.05) is 17.1 Å². The van der Waals surface area contributed by atoms with E-state index in [1.165, 1.54) is 0 Å². The fourth-order valence-electron chi connectivity index (χ4n) is 1.20. The van der Waals surface area contributed by atoms with Crippen LogP contribution in [0.3, 0.4) is 0 Å². The molecular weight excluding hydrogens is 274 g/mol. The van der Waals surface area contributed by atoms with Crippen LogP contribution in [-0.2, 0) is 0 Å². The highest BCUT2D eigenvalue weighted by Crippen LogP contribution is 2.04. The molecule has 0 aliphatic rings. The van der Waals surface area contributed by atoms with Gasteiger partial charge in [0.2, 0.25) is 0 Å². The summed E-state index contributed by atoms with van der Waals surface area (Å²) in [6, 6.07) is 7.89. The Balaban J connectivity index is 0.000000342. The molecule has 19 heavy (non-hydrogen) atoms. The average molecular weight is 298 g/mol. The largest absolute Gasteiger partial charge is 0.355 e. The van der Waals surface area contributed by atoms with Crippen LogP contribution in [0, 0.1) is 20.8 Å². The van der Waals surface area contributed by atoms with E-state index in [0.717, 1.165) is 22.9 Å². The molecule has 2 aromatic rings. The SMILES string of the molecule is NP.[2H]c1cc(C)nc(C)c1.[2H]c1cc(C)nc(NP)c1. The zero-order chi connectivity index (χ0) is 16.4. The topological polar surface area (TPSA) is 63.8 Å².